The molecule has 0 amide bonds. The average Bonchev–Trinajstić information content (AvgIpc) is 2.46. The second-order valence-electron chi connectivity index (χ2n) is 4.03. The van der Waals surface area contributed by atoms with E-state index in [0.717, 1.165) is 10.5 Å². The van der Waals surface area contributed by atoms with Gasteiger partial charge < -0.3 is 4.74 Å². The molecule has 0 radical (unpaired) electrons. The number of aromatic nitrogens is 1. The first kappa shape index (κ1) is 10.9. The number of halogens is 1. The lowest BCUT2D eigenvalue weighted by molar-refractivity contribution is 0.176. The molecule has 2 rings (SSSR count). The number of hydrogen-bond donors (Lipinski definition) is 0. The molecule has 1 heterocycles. The van der Waals surface area contributed by atoms with Gasteiger partial charge in [-0.05, 0) is 47.7 Å². The van der Waals surface area contributed by atoms with E-state index in [0.29, 0.717) is 6.10 Å². The van der Waals surface area contributed by atoms with Gasteiger partial charge in [-0.3, -0.25) is 0 Å². The molecule has 1 aliphatic carbocycles. The molecule has 15 heavy (non-hydrogen) atoms. The molecule has 1 saturated carbocycles. The van der Waals surface area contributed by atoms with Gasteiger partial charge in [0.25, 0.3) is 0 Å². The van der Waals surface area contributed by atoms with Gasteiger partial charge in [-0.25, -0.2) is 4.98 Å². The molecule has 0 N–H and O–H groups in total. The van der Waals surface area contributed by atoms with Gasteiger partial charge in [-0.2, -0.15) is 0 Å². The van der Waals surface area contributed by atoms with E-state index in [2.05, 4.69) is 20.9 Å². The lowest BCUT2D eigenvalue weighted by Crippen LogP contribution is -2.15. The van der Waals surface area contributed by atoms with Crippen LogP contribution in [0.5, 0.6) is 5.88 Å². The van der Waals surface area contributed by atoms with Crippen molar-refractivity contribution in [3.8, 4) is 5.88 Å². The van der Waals surface area contributed by atoms with Crippen LogP contribution in [0.2, 0.25) is 0 Å². The van der Waals surface area contributed by atoms with Gasteiger partial charge in [0.1, 0.15) is 10.7 Å². The molecule has 0 saturated heterocycles. The molecule has 1 aromatic rings. The predicted octanol–water partition coefficient (Wildman–Crippen LogP) is 3.95. The molecule has 0 spiro atoms. The molecule has 82 valence electrons. The number of nitrogens with zero attached hydrogens (tertiary/aromatic N) is 1. The van der Waals surface area contributed by atoms with Gasteiger partial charge >= 0.3 is 0 Å². The summed E-state index contributed by atoms with van der Waals surface area (Å²) in [5.74, 6) is 0.747. The highest BCUT2D eigenvalue weighted by Crippen LogP contribution is 2.22. The van der Waals surface area contributed by atoms with Crippen molar-refractivity contribution in [1.29, 1.82) is 0 Å². The maximum Gasteiger partial charge on any atom is 0.214 e. The third-order valence-electron chi connectivity index (χ3n) is 2.78. The molecular formula is C12H16BrNO. The second-order valence-corrected chi connectivity index (χ2v) is 4.84. The van der Waals surface area contributed by atoms with E-state index in [1.807, 2.05) is 18.2 Å². The quantitative estimate of drug-likeness (QED) is 0.599. The van der Waals surface area contributed by atoms with Crippen LogP contribution < -0.4 is 4.74 Å². The van der Waals surface area contributed by atoms with Crippen molar-refractivity contribution in [2.24, 2.45) is 0 Å². The highest BCUT2D eigenvalue weighted by atomic mass is 79.9. The molecule has 0 aliphatic heterocycles. The Balaban J connectivity index is 1.95. The lowest BCUT2D eigenvalue weighted by Gasteiger charge is -2.15. The summed E-state index contributed by atoms with van der Waals surface area (Å²) in [5.41, 5.74) is 0. The molecule has 1 fully saturated rings. The zero-order valence-corrected chi connectivity index (χ0v) is 10.4. The summed E-state index contributed by atoms with van der Waals surface area (Å²) in [7, 11) is 0. The van der Waals surface area contributed by atoms with Crippen molar-refractivity contribution in [2.75, 3.05) is 0 Å². The van der Waals surface area contributed by atoms with Crippen LogP contribution in [-0.2, 0) is 0 Å². The molecule has 0 unspecified atom stereocenters. The summed E-state index contributed by atoms with van der Waals surface area (Å²) in [4.78, 5) is 4.29. The fraction of sp³-hybridized carbons (Fsp3) is 0.583. The summed E-state index contributed by atoms with van der Waals surface area (Å²) < 4.78 is 6.72. The number of pyridine rings is 1. The van der Waals surface area contributed by atoms with E-state index >= 15 is 0 Å². The van der Waals surface area contributed by atoms with E-state index < -0.39 is 0 Å². The van der Waals surface area contributed by atoms with Gasteiger partial charge in [-0.15, -0.1) is 0 Å². The summed E-state index contributed by atoms with van der Waals surface area (Å²) in [6.45, 7) is 0. The van der Waals surface area contributed by atoms with Gasteiger partial charge in [0.05, 0.1) is 0 Å². The first-order valence-electron chi connectivity index (χ1n) is 5.64. The third kappa shape index (κ3) is 3.49. The monoisotopic (exact) mass is 269 g/mol. The molecule has 2 nitrogen and oxygen atoms in total. The Bertz CT molecular complexity index is 308. The van der Waals surface area contributed by atoms with E-state index in [4.69, 9.17) is 4.74 Å². The first-order valence-corrected chi connectivity index (χ1v) is 6.43. The SMILES string of the molecule is Brc1cccc(OC2CCCCCC2)n1. The molecule has 0 bridgehead atoms. The molecule has 0 atom stereocenters. The Morgan fingerprint density at radius 2 is 1.87 bits per heavy atom. The molecule has 1 aromatic heterocycles. The van der Waals surface area contributed by atoms with Gasteiger partial charge in [0.15, 0.2) is 0 Å². The minimum absolute atomic E-state index is 0.370. The fourth-order valence-corrected chi connectivity index (χ4v) is 2.31. The minimum atomic E-state index is 0.370. The van der Waals surface area contributed by atoms with Crippen LogP contribution in [0.15, 0.2) is 22.8 Å². The van der Waals surface area contributed by atoms with E-state index in [9.17, 15) is 0 Å². The van der Waals surface area contributed by atoms with Crippen LogP contribution in [-0.4, -0.2) is 11.1 Å². The first-order chi connectivity index (χ1) is 7.34. The summed E-state index contributed by atoms with van der Waals surface area (Å²) >= 11 is 3.35. The van der Waals surface area contributed by atoms with Gasteiger partial charge in [0.2, 0.25) is 5.88 Å². The van der Waals surface area contributed by atoms with Gasteiger partial charge in [0, 0.05) is 6.07 Å². The van der Waals surface area contributed by atoms with Crippen molar-refractivity contribution in [1.82, 2.24) is 4.98 Å². The number of hydrogen-bond acceptors (Lipinski definition) is 2. The second kappa shape index (κ2) is 5.50. The summed E-state index contributed by atoms with van der Waals surface area (Å²) in [5, 5.41) is 0. The van der Waals surface area contributed by atoms with Crippen molar-refractivity contribution >= 4 is 15.9 Å². The maximum atomic E-state index is 5.88. The Morgan fingerprint density at radius 1 is 1.13 bits per heavy atom. The zero-order chi connectivity index (χ0) is 10.5. The van der Waals surface area contributed by atoms with Crippen molar-refractivity contribution in [2.45, 2.75) is 44.6 Å². The van der Waals surface area contributed by atoms with Crippen molar-refractivity contribution in [3.05, 3.63) is 22.8 Å². The Kier molecular flexibility index (Phi) is 4.01. The number of ether oxygens (including phenoxy) is 1. The van der Waals surface area contributed by atoms with Crippen molar-refractivity contribution in [3.63, 3.8) is 0 Å². The van der Waals surface area contributed by atoms with Crippen molar-refractivity contribution < 1.29 is 4.74 Å². The smallest absolute Gasteiger partial charge is 0.214 e. The van der Waals surface area contributed by atoms with E-state index in [-0.39, 0.29) is 0 Å². The highest BCUT2D eigenvalue weighted by molar-refractivity contribution is 9.10. The fourth-order valence-electron chi connectivity index (χ4n) is 1.99. The topological polar surface area (TPSA) is 22.1 Å². The van der Waals surface area contributed by atoms with Crippen LogP contribution in [0.4, 0.5) is 0 Å². The Labute approximate surface area is 99.2 Å². The predicted molar refractivity (Wildman–Crippen MR) is 64.1 cm³/mol. The lowest BCUT2D eigenvalue weighted by atomic mass is 10.1. The Morgan fingerprint density at radius 3 is 2.53 bits per heavy atom. The van der Waals surface area contributed by atoms with Gasteiger partial charge in [-0.1, -0.05) is 18.9 Å². The van der Waals surface area contributed by atoms with Crippen LogP contribution in [0.3, 0.4) is 0 Å². The van der Waals surface area contributed by atoms with Crippen LogP contribution in [0, 0.1) is 0 Å². The molecule has 0 aromatic carbocycles. The molecular weight excluding hydrogens is 254 g/mol. The average molecular weight is 270 g/mol. The van der Waals surface area contributed by atoms with Crippen LogP contribution >= 0.6 is 15.9 Å². The van der Waals surface area contributed by atoms with E-state index in [1.54, 1.807) is 0 Å². The standard InChI is InChI=1S/C12H16BrNO/c13-11-8-5-9-12(14-11)15-10-6-3-1-2-4-7-10/h5,8-10H,1-4,6-7H2. The normalized spacial score (nSPS) is 18.5. The Hall–Kier alpha value is -0.570. The summed E-state index contributed by atoms with van der Waals surface area (Å²) in [6, 6.07) is 5.80. The van der Waals surface area contributed by atoms with Crippen LogP contribution in [0.25, 0.3) is 0 Å². The largest absolute Gasteiger partial charge is 0.474 e. The molecule has 1 aliphatic rings. The zero-order valence-electron chi connectivity index (χ0n) is 8.79. The number of rotatable bonds is 2. The minimum Gasteiger partial charge on any atom is -0.474 e. The maximum absolute atomic E-state index is 5.88. The van der Waals surface area contributed by atoms with E-state index in [1.165, 1.54) is 38.5 Å². The highest BCUT2D eigenvalue weighted by Gasteiger charge is 2.13. The summed E-state index contributed by atoms with van der Waals surface area (Å²) in [6.07, 6.45) is 8.01. The van der Waals surface area contributed by atoms with Crippen LogP contribution in [0.1, 0.15) is 38.5 Å². The third-order valence-corrected chi connectivity index (χ3v) is 3.22. The molecule has 3 heteroatoms.